The first kappa shape index (κ1) is 13.1. The van der Waals surface area contributed by atoms with Gasteiger partial charge in [0.05, 0.1) is 5.69 Å². The van der Waals surface area contributed by atoms with Gasteiger partial charge in [-0.1, -0.05) is 13.0 Å². The van der Waals surface area contributed by atoms with Crippen molar-refractivity contribution < 1.29 is 14.3 Å². The van der Waals surface area contributed by atoms with E-state index in [-0.39, 0.29) is 24.3 Å². The first-order chi connectivity index (χ1) is 9.11. The van der Waals surface area contributed by atoms with E-state index in [1.165, 1.54) is 4.90 Å². The second-order valence-corrected chi connectivity index (χ2v) is 4.58. The predicted octanol–water partition coefficient (Wildman–Crippen LogP) is 1.88. The van der Waals surface area contributed by atoms with Gasteiger partial charge in [-0.2, -0.15) is 5.26 Å². The Morgan fingerprint density at radius 1 is 1.37 bits per heavy atom. The maximum atomic E-state index is 12.0. The van der Waals surface area contributed by atoms with Crippen molar-refractivity contribution in [3.8, 4) is 11.8 Å². The molecule has 2 rings (SSSR count). The molecule has 19 heavy (non-hydrogen) atoms. The Labute approximate surface area is 111 Å². The minimum atomic E-state index is -0.193. The number of piperidine rings is 1. The SMILES string of the molecule is CC1CC(=O)N(c2cccc(OCC#N)c2)C(=O)C1. The molecule has 0 aliphatic carbocycles. The first-order valence-corrected chi connectivity index (χ1v) is 6.07. The predicted molar refractivity (Wildman–Crippen MR) is 68.4 cm³/mol. The number of hydrogen-bond donors (Lipinski definition) is 0. The van der Waals surface area contributed by atoms with Crippen LogP contribution in [0, 0.1) is 17.2 Å². The van der Waals surface area contributed by atoms with Crippen molar-refractivity contribution in [2.75, 3.05) is 11.5 Å². The van der Waals surface area contributed by atoms with Crippen molar-refractivity contribution in [3.63, 3.8) is 0 Å². The molecule has 0 radical (unpaired) electrons. The van der Waals surface area contributed by atoms with Gasteiger partial charge in [0, 0.05) is 18.9 Å². The molecule has 1 saturated heterocycles. The molecule has 0 unspecified atom stereocenters. The molecule has 5 nitrogen and oxygen atoms in total. The molecule has 5 heteroatoms. The largest absolute Gasteiger partial charge is 0.479 e. The van der Waals surface area contributed by atoms with Gasteiger partial charge in [-0.15, -0.1) is 0 Å². The maximum absolute atomic E-state index is 12.0. The van der Waals surface area contributed by atoms with Gasteiger partial charge in [0.15, 0.2) is 6.61 Å². The van der Waals surface area contributed by atoms with E-state index in [2.05, 4.69) is 0 Å². The second kappa shape index (κ2) is 5.53. The van der Waals surface area contributed by atoms with Gasteiger partial charge >= 0.3 is 0 Å². The fraction of sp³-hybridized carbons (Fsp3) is 0.357. The zero-order valence-corrected chi connectivity index (χ0v) is 10.6. The molecular weight excluding hydrogens is 244 g/mol. The highest BCUT2D eigenvalue weighted by molar-refractivity contribution is 6.16. The summed E-state index contributed by atoms with van der Waals surface area (Å²) in [5.41, 5.74) is 0.498. The topological polar surface area (TPSA) is 70.4 Å². The molecule has 1 aliphatic heterocycles. The second-order valence-electron chi connectivity index (χ2n) is 4.58. The van der Waals surface area contributed by atoms with E-state index in [4.69, 9.17) is 10.00 Å². The van der Waals surface area contributed by atoms with Crippen molar-refractivity contribution in [3.05, 3.63) is 24.3 Å². The molecule has 0 spiro atoms. The minimum absolute atomic E-state index is 0.0671. The number of carbonyl (C=O) groups is 2. The van der Waals surface area contributed by atoms with Crippen LogP contribution in [0.5, 0.6) is 5.75 Å². The number of imide groups is 1. The smallest absolute Gasteiger partial charge is 0.234 e. The third-order valence-electron chi connectivity index (χ3n) is 2.92. The maximum Gasteiger partial charge on any atom is 0.234 e. The Bertz CT molecular complexity index is 530. The molecule has 2 amide bonds. The van der Waals surface area contributed by atoms with Crippen LogP contribution >= 0.6 is 0 Å². The lowest BCUT2D eigenvalue weighted by atomic mass is 9.97. The molecule has 0 N–H and O–H groups in total. The van der Waals surface area contributed by atoms with E-state index >= 15 is 0 Å². The van der Waals surface area contributed by atoms with Crippen LogP contribution in [0.25, 0.3) is 0 Å². The number of rotatable bonds is 3. The standard InChI is InChI=1S/C14H14N2O3/c1-10-7-13(17)16(14(18)8-10)11-3-2-4-12(9-11)19-6-5-15/h2-4,9-10H,6-8H2,1H3. The number of hydrogen-bond acceptors (Lipinski definition) is 4. The summed E-state index contributed by atoms with van der Waals surface area (Å²) in [6.07, 6.45) is 0.740. The Kier molecular flexibility index (Phi) is 3.81. The normalized spacial score (nSPS) is 16.3. The summed E-state index contributed by atoms with van der Waals surface area (Å²) in [4.78, 5) is 25.1. The van der Waals surface area contributed by atoms with E-state index in [1.54, 1.807) is 24.3 Å². The number of benzene rings is 1. The molecule has 1 aliphatic rings. The van der Waals surface area contributed by atoms with Gasteiger partial charge in [-0.3, -0.25) is 14.5 Å². The van der Waals surface area contributed by atoms with Crippen LogP contribution in [-0.4, -0.2) is 18.4 Å². The van der Waals surface area contributed by atoms with Crippen LogP contribution in [0.3, 0.4) is 0 Å². The molecule has 98 valence electrons. The molecule has 1 fully saturated rings. The van der Waals surface area contributed by atoms with Crippen molar-refractivity contribution >= 4 is 17.5 Å². The van der Waals surface area contributed by atoms with Gasteiger partial charge in [0.25, 0.3) is 0 Å². The van der Waals surface area contributed by atoms with Crippen LogP contribution in [0.1, 0.15) is 19.8 Å². The molecule has 0 bridgehead atoms. The lowest BCUT2D eigenvalue weighted by Gasteiger charge is -2.28. The van der Waals surface area contributed by atoms with Crippen LogP contribution in [0.4, 0.5) is 5.69 Å². The van der Waals surface area contributed by atoms with E-state index in [9.17, 15) is 9.59 Å². The fourth-order valence-electron chi connectivity index (χ4n) is 2.11. The molecule has 1 heterocycles. The Morgan fingerprint density at radius 2 is 2.05 bits per heavy atom. The summed E-state index contributed by atoms with van der Waals surface area (Å²) in [6.45, 7) is 1.82. The van der Waals surface area contributed by atoms with E-state index in [0.717, 1.165) is 0 Å². The van der Waals surface area contributed by atoms with Crippen molar-refractivity contribution in [2.45, 2.75) is 19.8 Å². The lowest BCUT2D eigenvalue weighted by Crippen LogP contribution is -2.42. The Balaban J connectivity index is 2.23. The average molecular weight is 258 g/mol. The van der Waals surface area contributed by atoms with Gasteiger partial charge in [0.2, 0.25) is 11.8 Å². The van der Waals surface area contributed by atoms with Gasteiger partial charge < -0.3 is 4.74 Å². The number of carbonyl (C=O) groups excluding carboxylic acids is 2. The highest BCUT2D eigenvalue weighted by Gasteiger charge is 2.31. The highest BCUT2D eigenvalue weighted by atomic mass is 16.5. The zero-order chi connectivity index (χ0) is 13.8. The van der Waals surface area contributed by atoms with Gasteiger partial charge in [0.1, 0.15) is 11.8 Å². The summed E-state index contributed by atoms with van der Waals surface area (Å²) in [6, 6.07) is 8.53. The summed E-state index contributed by atoms with van der Waals surface area (Å²) < 4.78 is 5.17. The number of anilines is 1. The van der Waals surface area contributed by atoms with Crippen LogP contribution < -0.4 is 9.64 Å². The fourth-order valence-corrected chi connectivity index (χ4v) is 2.11. The zero-order valence-electron chi connectivity index (χ0n) is 10.6. The number of ether oxygens (including phenoxy) is 1. The van der Waals surface area contributed by atoms with Gasteiger partial charge in [-0.25, -0.2) is 0 Å². The highest BCUT2D eigenvalue weighted by Crippen LogP contribution is 2.27. The monoisotopic (exact) mass is 258 g/mol. The van der Waals surface area contributed by atoms with Crippen LogP contribution in [0.2, 0.25) is 0 Å². The van der Waals surface area contributed by atoms with E-state index < -0.39 is 0 Å². The summed E-state index contributed by atoms with van der Waals surface area (Å²) in [5, 5.41) is 8.47. The number of nitriles is 1. The molecule has 0 aromatic heterocycles. The summed E-state index contributed by atoms with van der Waals surface area (Å²) >= 11 is 0. The Morgan fingerprint density at radius 3 is 2.68 bits per heavy atom. The molecule has 0 atom stereocenters. The molecular formula is C14H14N2O3. The van der Waals surface area contributed by atoms with Crippen molar-refractivity contribution in [1.82, 2.24) is 0 Å². The first-order valence-electron chi connectivity index (χ1n) is 6.07. The summed E-state index contributed by atoms with van der Waals surface area (Å²) in [5.74, 6) is 0.176. The van der Waals surface area contributed by atoms with E-state index in [0.29, 0.717) is 24.3 Å². The van der Waals surface area contributed by atoms with Crippen LogP contribution in [0.15, 0.2) is 24.3 Å². The quantitative estimate of drug-likeness (QED) is 0.776. The minimum Gasteiger partial charge on any atom is -0.479 e. The van der Waals surface area contributed by atoms with Crippen molar-refractivity contribution in [2.24, 2.45) is 5.92 Å². The van der Waals surface area contributed by atoms with Crippen LogP contribution in [-0.2, 0) is 9.59 Å². The third kappa shape index (κ3) is 2.91. The molecule has 1 aromatic carbocycles. The molecule has 0 saturated carbocycles. The average Bonchev–Trinajstić information content (AvgIpc) is 2.35. The molecule has 1 aromatic rings. The Hall–Kier alpha value is -2.35. The van der Waals surface area contributed by atoms with Crippen molar-refractivity contribution in [1.29, 1.82) is 5.26 Å². The third-order valence-corrected chi connectivity index (χ3v) is 2.92. The number of nitrogens with zero attached hydrogens (tertiary/aromatic N) is 2. The summed E-state index contributed by atoms with van der Waals surface area (Å²) in [7, 11) is 0. The number of amides is 2. The van der Waals surface area contributed by atoms with E-state index in [1.807, 2.05) is 13.0 Å². The van der Waals surface area contributed by atoms with Gasteiger partial charge in [-0.05, 0) is 18.1 Å². The lowest BCUT2D eigenvalue weighted by molar-refractivity contribution is -0.130.